The molecule has 1 aromatic rings. The Morgan fingerprint density at radius 2 is 1.95 bits per heavy atom. The molecular weight excluding hydrogens is 247 g/mol. The second kappa shape index (κ2) is 7.31. The second-order valence-electron chi connectivity index (χ2n) is 4.01. The zero-order chi connectivity index (χ0) is 14.3. The molecule has 0 saturated carbocycles. The molecule has 102 valence electrons. The summed E-state index contributed by atoms with van der Waals surface area (Å²) in [5, 5.41) is 5.15. The van der Waals surface area contributed by atoms with Crippen LogP contribution in [0.3, 0.4) is 0 Å². The minimum Gasteiger partial charge on any atom is -0.355 e. The van der Waals surface area contributed by atoms with Gasteiger partial charge in [-0.3, -0.25) is 9.59 Å². The molecule has 4 nitrogen and oxygen atoms in total. The van der Waals surface area contributed by atoms with Crippen LogP contribution in [0.5, 0.6) is 0 Å². The summed E-state index contributed by atoms with van der Waals surface area (Å²) in [6, 6.07) is 5.16. The SMILES string of the molecule is CCNC(=O)[C@@H](C)NC(=O)/C=C/c1ccc(F)cc1. The van der Waals surface area contributed by atoms with Crippen LogP contribution in [-0.4, -0.2) is 24.4 Å². The van der Waals surface area contributed by atoms with Crippen LogP contribution >= 0.6 is 0 Å². The highest BCUT2D eigenvalue weighted by Gasteiger charge is 2.12. The van der Waals surface area contributed by atoms with Crippen molar-refractivity contribution in [1.82, 2.24) is 10.6 Å². The lowest BCUT2D eigenvalue weighted by atomic mass is 10.2. The fourth-order valence-corrected chi connectivity index (χ4v) is 1.40. The molecule has 0 radical (unpaired) electrons. The van der Waals surface area contributed by atoms with Crippen molar-refractivity contribution in [2.24, 2.45) is 0 Å². The number of carbonyl (C=O) groups is 2. The van der Waals surface area contributed by atoms with Gasteiger partial charge in [0.05, 0.1) is 0 Å². The Balaban J connectivity index is 2.51. The molecule has 0 saturated heterocycles. The van der Waals surface area contributed by atoms with E-state index in [0.29, 0.717) is 12.1 Å². The number of hydrogen-bond donors (Lipinski definition) is 2. The predicted octanol–water partition coefficient (Wildman–Crippen LogP) is 1.48. The van der Waals surface area contributed by atoms with E-state index in [1.165, 1.54) is 18.2 Å². The average Bonchev–Trinajstić information content (AvgIpc) is 2.38. The third kappa shape index (κ3) is 5.33. The van der Waals surface area contributed by atoms with Crippen molar-refractivity contribution in [2.45, 2.75) is 19.9 Å². The minimum atomic E-state index is -0.592. The lowest BCUT2D eigenvalue weighted by Crippen LogP contribution is -2.44. The quantitative estimate of drug-likeness (QED) is 0.791. The molecule has 0 spiro atoms. The number of likely N-dealkylation sites (N-methyl/N-ethyl adjacent to an activating group) is 1. The lowest BCUT2D eigenvalue weighted by Gasteiger charge is -2.11. The van der Waals surface area contributed by atoms with Crippen LogP contribution in [-0.2, 0) is 9.59 Å². The number of nitrogens with one attached hydrogen (secondary N) is 2. The number of carbonyl (C=O) groups excluding carboxylic acids is 2. The third-order valence-corrected chi connectivity index (χ3v) is 2.40. The van der Waals surface area contributed by atoms with E-state index in [0.717, 1.165) is 0 Å². The van der Waals surface area contributed by atoms with Gasteiger partial charge < -0.3 is 10.6 Å². The van der Waals surface area contributed by atoms with Gasteiger partial charge in [0.1, 0.15) is 11.9 Å². The summed E-state index contributed by atoms with van der Waals surface area (Å²) in [6.45, 7) is 3.93. The first-order chi connectivity index (χ1) is 9.02. The van der Waals surface area contributed by atoms with Gasteiger partial charge in [0.25, 0.3) is 0 Å². The summed E-state index contributed by atoms with van der Waals surface area (Å²) in [6.07, 6.45) is 2.86. The largest absolute Gasteiger partial charge is 0.355 e. The molecule has 0 aliphatic heterocycles. The van der Waals surface area contributed by atoms with Crippen LogP contribution in [0.2, 0.25) is 0 Å². The van der Waals surface area contributed by atoms with Gasteiger partial charge in [-0.05, 0) is 37.6 Å². The van der Waals surface area contributed by atoms with Gasteiger partial charge in [-0.15, -0.1) is 0 Å². The zero-order valence-electron chi connectivity index (χ0n) is 10.9. The Hall–Kier alpha value is -2.17. The van der Waals surface area contributed by atoms with Crippen molar-refractivity contribution in [3.8, 4) is 0 Å². The summed E-state index contributed by atoms with van der Waals surface area (Å²) in [4.78, 5) is 22.9. The van der Waals surface area contributed by atoms with Crippen molar-refractivity contribution in [2.75, 3.05) is 6.54 Å². The topological polar surface area (TPSA) is 58.2 Å². The highest BCUT2D eigenvalue weighted by atomic mass is 19.1. The third-order valence-electron chi connectivity index (χ3n) is 2.40. The summed E-state index contributed by atoms with van der Waals surface area (Å²) in [7, 11) is 0. The fraction of sp³-hybridized carbons (Fsp3) is 0.286. The Morgan fingerprint density at radius 1 is 1.32 bits per heavy atom. The van der Waals surface area contributed by atoms with Gasteiger partial charge >= 0.3 is 0 Å². The smallest absolute Gasteiger partial charge is 0.244 e. The van der Waals surface area contributed by atoms with Crippen LogP contribution in [0.15, 0.2) is 30.3 Å². The molecule has 0 aliphatic rings. The summed E-state index contributed by atoms with van der Waals surface area (Å²) in [5.74, 6) is -0.930. The molecule has 1 rings (SSSR count). The molecule has 2 N–H and O–H groups in total. The van der Waals surface area contributed by atoms with E-state index in [9.17, 15) is 14.0 Å². The first-order valence-corrected chi connectivity index (χ1v) is 6.04. The highest BCUT2D eigenvalue weighted by molar-refractivity contribution is 5.95. The van der Waals surface area contributed by atoms with E-state index >= 15 is 0 Å². The van der Waals surface area contributed by atoms with E-state index in [2.05, 4.69) is 10.6 Å². The van der Waals surface area contributed by atoms with E-state index in [1.807, 2.05) is 0 Å². The van der Waals surface area contributed by atoms with E-state index in [1.54, 1.807) is 32.1 Å². The van der Waals surface area contributed by atoms with Crippen molar-refractivity contribution >= 4 is 17.9 Å². The number of hydrogen-bond acceptors (Lipinski definition) is 2. The summed E-state index contributed by atoms with van der Waals surface area (Å²) < 4.78 is 12.7. The van der Waals surface area contributed by atoms with Gasteiger partial charge in [-0.2, -0.15) is 0 Å². The monoisotopic (exact) mass is 264 g/mol. The van der Waals surface area contributed by atoms with E-state index < -0.39 is 6.04 Å². The Morgan fingerprint density at radius 3 is 2.53 bits per heavy atom. The van der Waals surface area contributed by atoms with Crippen LogP contribution in [0, 0.1) is 5.82 Å². The Kier molecular flexibility index (Phi) is 5.73. The standard InChI is InChI=1S/C14H17FN2O2/c1-3-16-14(19)10(2)17-13(18)9-6-11-4-7-12(15)8-5-11/h4-10H,3H2,1-2H3,(H,16,19)(H,17,18)/b9-6+/t10-/m1/s1. The molecule has 1 atom stereocenters. The highest BCUT2D eigenvalue weighted by Crippen LogP contribution is 2.04. The molecule has 2 amide bonds. The van der Waals surface area contributed by atoms with E-state index in [-0.39, 0.29) is 17.6 Å². The molecule has 5 heteroatoms. The molecule has 0 aromatic heterocycles. The van der Waals surface area contributed by atoms with Gasteiger partial charge in [0, 0.05) is 12.6 Å². The number of halogens is 1. The molecule has 0 fully saturated rings. The number of amides is 2. The number of rotatable bonds is 5. The Bertz CT molecular complexity index is 469. The maximum absolute atomic E-state index is 12.7. The van der Waals surface area contributed by atoms with E-state index in [4.69, 9.17) is 0 Å². The van der Waals surface area contributed by atoms with Crippen molar-refractivity contribution in [1.29, 1.82) is 0 Å². The molecule has 0 bridgehead atoms. The molecule has 0 heterocycles. The first kappa shape index (κ1) is 14.9. The molecule has 0 aliphatic carbocycles. The maximum Gasteiger partial charge on any atom is 0.244 e. The average molecular weight is 264 g/mol. The van der Waals surface area contributed by atoms with Gasteiger partial charge in [0.2, 0.25) is 11.8 Å². The normalized spacial score (nSPS) is 12.2. The summed E-state index contributed by atoms with van der Waals surface area (Å²) in [5.41, 5.74) is 0.710. The zero-order valence-corrected chi connectivity index (χ0v) is 10.9. The Labute approximate surface area is 111 Å². The van der Waals surface area contributed by atoms with Crippen LogP contribution in [0.1, 0.15) is 19.4 Å². The van der Waals surface area contributed by atoms with Crippen molar-refractivity contribution in [3.05, 3.63) is 41.7 Å². The molecule has 19 heavy (non-hydrogen) atoms. The number of benzene rings is 1. The van der Waals surface area contributed by atoms with Gasteiger partial charge in [-0.1, -0.05) is 12.1 Å². The second-order valence-corrected chi connectivity index (χ2v) is 4.01. The predicted molar refractivity (Wildman–Crippen MR) is 71.7 cm³/mol. The first-order valence-electron chi connectivity index (χ1n) is 6.04. The van der Waals surface area contributed by atoms with Gasteiger partial charge in [-0.25, -0.2) is 4.39 Å². The van der Waals surface area contributed by atoms with Crippen molar-refractivity contribution < 1.29 is 14.0 Å². The van der Waals surface area contributed by atoms with Gasteiger partial charge in [0.15, 0.2) is 0 Å². The molecule has 1 aromatic carbocycles. The molecular formula is C14H17FN2O2. The van der Waals surface area contributed by atoms with Crippen LogP contribution in [0.4, 0.5) is 4.39 Å². The maximum atomic E-state index is 12.7. The van der Waals surface area contributed by atoms with Crippen LogP contribution < -0.4 is 10.6 Å². The minimum absolute atomic E-state index is 0.231. The fourth-order valence-electron chi connectivity index (χ4n) is 1.40. The summed E-state index contributed by atoms with van der Waals surface area (Å²) >= 11 is 0. The van der Waals surface area contributed by atoms with Crippen molar-refractivity contribution in [3.63, 3.8) is 0 Å². The lowest BCUT2D eigenvalue weighted by molar-refractivity contribution is -0.126. The molecule has 0 unspecified atom stereocenters. The van der Waals surface area contributed by atoms with Crippen LogP contribution in [0.25, 0.3) is 6.08 Å².